The van der Waals surface area contributed by atoms with Crippen molar-refractivity contribution in [1.29, 1.82) is 0 Å². The lowest BCUT2D eigenvalue weighted by Gasteiger charge is -2.29. The number of morpholine rings is 1. The minimum absolute atomic E-state index is 0.0381. The summed E-state index contributed by atoms with van der Waals surface area (Å²) in [5.41, 5.74) is 3.21. The Kier molecular flexibility index (Phi) is 5.83. The quantitative estimate of drug-likeness (QED) is 0.822. The Morgan fingerprint density at radius 3 is 2.55 bits per heavy atom. The third-order valence-corrected chi connectivity index (χ3v) is 3.67. The van der Waals surface area contributed by atoms with E-state index in [1.54, 1.807) is 0 Å². The molecule has 2 amide bonds. The Bertz CT molecular complexity index is 507. The second-order valence-corrected chi connectivity index (χ2v) is 5.70. The molecule has 1 saturated heterocycles. The Hall–Kier alpha value is -2.01. The van der Waals surface area contributed by atoms with Crippen LogP contribution in [0.1, 0.15) is 25.5 Å². The van der Waals surface area contributed by atoms with Crippen LogP contribution in [-0.4, -0.2) is 38.9 Å². The molecule has 0 saturated carbocycles. The molecule has 1 aliphatic rings. The third-order valence-electron chi connectivity index (χ3n) is 3.67. The van der Waals surface area contributed by atoms with Gasteiger partial charge in [-0.1, -0.05) is 24.3 Å². The van der Waals surface area contributed by atoms with Crippen LogP contribution in [0.3, 0.4) is 0 Å². The number of carbonyl (C=O) groups excluding carboxylic acids is 1. The standard InChI is InChI=1S/C17H25N3O2/c1-13(2)12-18-17(21)19-14(3)15-4-6-16(7-5-15)20-8-10-22-11-9-20/h4-7,14H,1,8-12H2,2-3H3,(H2,18,19,21). The summed E-state index contributed by atoms with van der Waals surface area (Å²) in [6.45, 7) is 11.5. The van der Waals surface area contributed by atoms with Crippen molar-refractivity contribution in [3.05, 3.63) is 42.0 Å². The van der Waals surface area contributed by atoms with Gasteiger partial charge in [-0.3, -0.25) is 0 Å². The zero-order valence-electron chi connectivity index (χ0n) is 13.4. The molecule has 1 unspecified atom stereocenters. The van der Waals surface area contributed by atoms with Gasteiger partial charge < -0.3 is 20.3 Å². The van der Waals surface area contributed by atoms with Crippen LogP contribution in [0.15, 0.2) is 36.4 Å². The van der Waals surface area contributed by atoms with Crippen molar-refractivity contribution in [3.63, 3.8) is 0 Å². The molecular weight excluding hydrogens is 278 g/mol. The lowest BCUT2D eigenvalue weighted by atomic mass is 10.1. The molecule has 22 heavy (non-hydrogen) atoms. The molecule has 2 N–H and O–H groups in total. The molecule has 0 aromatic heterocycles. The summed E-state index contributed by atoms with van der Waals surface area (Å²) < 4.78 is 5.36. The maximum absolute atomic E-state index is 11.8. The first-order chi connectivity index (χ1) is 10.6. The molecule has 120 valence electrons. The molecule has 1 atom stereocenters. The molecule has 0 radical (unpaired) electrons. The second kappa shape index (κ2) is 7.84. The first kappa shape index (κ1) is 16.4. The first-order valence-electron chi connectivity index (χ1n) is 7.67. The monoisotopic (exact) mass is 303 g/mol. The first-order valence-corrected chi connectivity index (χ1v) is 7.67. The molecule has 1 heterocycles. The van der Waals surface area contributed by atoms with Crippen molar-refractivity contribution in [2.45, 2.75) is 19.9 Å². The van der Waals surface area contributed by atoms with Gasteiger partial charge in [-0.05, 0) is 31.5 Å². The minimum atomic E-state index is -0.173. The average molecular weight is 303 g/mol. The maximum Gasteiger partial charge on any atom is 0.315 e. The van der Waals surface area contributed by atoms with Gasteiger partial charge in [-0.15, -0.1) is 0 Å². The second-order valence-electron chi connectivity index (χ2n) is 5.70. The van der Waals surface area contributed by atoms with Crippen molar-refractivity contribution in [2.24, 2.45) is 0 Å². The summed E-state index contributed by atoms with van der Waals surface area (Å²) in [6, 6.07) is 8.12. The Morgan fingerprint density at radius 2 is 1.95 bits per heavy atom. The number of carbonyl (C=O) groups is 1. The molecule has 1 aromatic carbocycles. The Balaban J connectivity index is 1.88. The van der Waals surface area contributed by atoms with Crippen molar-refractivity contribution in [2.75, 3.05) is 37.7 Å². The molecule has 1 aromatic rings. The van der Waals surface area contributed by atoms with Gasteiger partial charge in [0.1, 0.15) is 0 Å². The van der Waals surface area contributed by atoms with Crippen LogP contribution >= 0.6 is 0 Å². The van der Waals surface area contributed by atoms with Crippen LogP contribution < -0.4 is 15.5 Å². The topological polar surface area (TPSA) is 53.6 Å². The molecule has 0 bridgehead atoms. The molecule has 1 aliphatic heterocycles. The fourth-order valence-electron chi connectivity index (χ4n) is 2.36. The van der Waals surface area contributed by atoms with E-state index in [0.29, 0.717) is 6.54 Å². The van der Waals surface area contributed by atoms with Crippen LogP contribution in [0.25, 0.3) is 0 Å². The summed E-state index contributed by atoms with van der Waals surface area (Å²) in [5.74, 6) is 0. The summed E-state index contributed by atoms with van der Waals surface area (Å²) in [4.78, 5) is 14.1. The van der Waals surface area contributed by atoms with E-state index in [4.69, 9.17) is 4.74 Å². The van der Waals surface area contributed by atoms with E-state index in [2.05, 4.69) is 46.4 Å². The highest BCUT2D eigenvalue weighted by Gasteiger charge is 2.13. The predicted molar refractivity (Wildman–Crippen MR) is 89.2 cm³/mol. The smallest absolute Gasteiger partial charge is 0.315 e. The van der Waals surface area contributed by atoms with Crippen LogP contribution in [0, 0.1) is 0 Å². The number of urea groups is 1. The van der Waals surface area contributed by atoms with Gasteiger partial charge in [0, 0.05) is 25.3 Å². The predicted octanol–water partition coefficient (Wildman–Crippen LogP) is 2.46. The average Bonchev–Trinajstić information content (AvgIpc) is 2.54. The van der Waals surface area contributed by atoms with E-state index in [1.807, 2.05) is 13.8 Å². The fraction of sp³-hybridized carbons (Fsp3) is 0.471. The highest BCUT2D eigenvalue weighted by Crippen LogP contribution is 2.20. The molecular formula is C17H25N3O2. The number of nitrogens with one attached hydrogen (secondary N) is 2. The Labute approximate surface area is 132 Å². The van der Waals surface area contributed by atoms with Crippen molar-refractivity contribution < 1.29 is 9.53 Å². The number of hydrogen-bond acceptors (Lipinski definition) is 3. The van der Waals surface area contributed by atoms with Crippen LogP contribution in [0.5, 0.6) is 0 Å². The summed E-state index contributed by atoms with van der Waals surface area (Å²) in [5, 5.41) is 5.70. The largest absolute Gasteiger partial charge is 0.378 e. The number of benzene rings is 1. The number of hydrogen-bond donors (Lipinski definition) is 2. The third kappa shape index (κ3) is 4.77. The van der Waals surface area contributed by atoms with E-state index in [-0.39, 0.29) is 12.1 Å². The lowest BCUT2D eigenvalue weighted by molar-refractivity contribution is 0.122. The van der Waals surface area contributed by atoms with Crippen LogP contribution in [0.4, 0.5) is 10.5 Å². The van der Waals surface area contributed by atoms with Gasteiger partial charge in [-0.25, -0.2) is 4.79 Å². The van der Waals surface area contributed by atoms with Crippen molar-refractivity contribution in [1.82, 2.24) is 10.6 Å². The number of nitrogens with zero attached hydrogens (tertiary/aromatic N) is 1. The highest BCUT2D eigenvalue weighted by molar-refractivity contribution is 5.74. The van der Waals surface area contributed by atoms with Crippen LogP contribution in [-0.2, 0) is 4.74 Å². The molecule has 2 rings (SSSR count). The Morgan fingerprint density at radius 1 is 1.32 bits per heavy atom. The van der Waals surface area contributed by atoms with E-state index >= 15 is 0 Å². The molecule has 1 fully saturated rings. The minimum Gasteiger partial charge on any atom is -0.378 e. The SMILES string of the molecule is C=C(C)CNC(=O)NC(C)c1ccc(N2CCOCC2)cc1. The van der Waals surface area contributed by atoms with Gasteiger partial charge in [0.2, 0.25) is 0 Å². The number of rotatable bonds is 5. The highest BCUT2D eigenvalue weighted by atomic mass is 16.5. The van der Waals surface area contributed by atoms with Crippen LogP contribution in [0.2, 0.25) is 0 Å². The maximum atomic E-state index is 11.8. The zero-order valence-corrected chi connectivity index (χ0v) is 13.4. The summed E-state index contributed by atoms with van der Waals surface area (Å²) in [6.07, 6.45) is 0. The molecule has 0 spiro atoms. The molecule has 5 nitrogen and oxygen atoms in total. The van der Waals surface area contributed by atoms with Gasteiger partial charge >= 0.3 is 6.03 Å². The summed E-state index contributed by atoms with van der Waals surface area (Å²) >= 11 is 0. The number of amides is 2. The fourth-order valence-corrected chi connectivity index (χ4v) is 2.36. The summed E-state index contributed by atoms with van der Waals surface area (Å²) in [7, 11) is 0. The van der Waals surface area contributed by atoms with E-state index in [0.717, 1.165) is 37.4 Å². The zero-order chi connectivity index (χ0) is 15.9. The molecule has 0 aliphatic carbocycles. The van der Waals surface area contributed by atoms with Gasteiger partial charge in [0.15, 0.2) is 0 Å². The van der Waals surface area contributed by atoms with Gasteiger partial charge in [0.05, 0.1) is 19.3 Å². The van der Waals surface area contributed by atoms with Crippen molar-refractivity contribution in [3.8, 4) is 0 Å². The van der Waals surface area contributed by atoms with Gasteiger partial charge in [0.25, 0.3) is 0 Å². The van der Waals surface area contributed by atoms with E-state index < -0.39 is 0 Å². The number of ether oxygens (including phenoxy) is 1. The normalized spacial score (nSPS) is 16.0. The number of anilines is 1. The lowest BCUT2D eigenvalue weighted by Crippen LogP contribution is -2.37. The van der Waals surface area contributed by atoms with Crippen molar-refractivity contribution >= 4 is 11.7 Å². The van der Waals surface area contributed by atoms with Gasteiger partial charge in [-0.2, -0.15) is 0 Å². The molecule has 5 heteroatoms. The van der Waals surface area contributed by atoms with E-state index in [9.17, 15) is 4.79 Å². The van der Waals surface area contributed by atoms with E-state index in [1.165, 1.54) is 5.69 Å².